The summed E-state index contributed by atoms with van der Waals surface area (Å²) in [5.41, 5.74) is 1.08. The summed E-state index contributed by atoms with van der Waals surface area (Å²) in [5, 5.41) is 6.70. The van der Waals surface area contributed by atoms with Gasteiger partial charge < -0.3 is 14.7 Å². The SMILES string of the molecule is Cc1noc(CN2CCN(c3ccc(NC(=O)C4CC4)nc3)CC2)n1. The van der Waals surface area contributed by atoms with Crippen molar-refractivity contribution in [2.75, 3.05) is 36.4 Å². The lowest BCUT2D eigenvalue weighted by molar-refractivity contribution is -0.117. The third-order valence-electron chi connectivity index (χ3n) is 4.61. The zero-order chi connectivity index (χ0) is 17.2. The number of carbonyl (C=O) groups is 1. The maximum absolute atomic E-state index is 11.8. The molecule has 1 aliphatic heterocycles. The zero-order valence-electron chi connectivity index (χ0n) is 14.3. The molecule has 25 heavy (non-hydrogen) atoms. The van der Waals surface area contributed by atoms with Crippen molar-refractivity contribution in [2.45, 2.75) is 26.3 Å². The maximum Gasteiger partial charge on any atom is 0.240 e. The van der Waals surface area contributed by atoms with Crippen LogP contribution >= 0.6 is 0 Å². The van der Waals surface area contributed by atoms with E-state index in [-0.39, 0.29) is 11.8 Å². The number of anilines is 2. The highest BCUT2D eigenvalue weighted by molar-refractivity contribution is 5.93. The standard InChI is InChI=1S/C17H22N6O2/c1-12-19-16(25-21-12)11-22-6-8-23(9-7-22)14-4-5-15(18-10-14)20-17(24)13-2-3-13/h4-5,10,13H,2-3,6-9,11H2,1H3,(H,18,20,24). The van der Waals surface area contributed by atoms with Crippen LogP contribution in [0.3, 0.4) is 0 Å². The van der Waals surface area contributed by atoms with E-state index in [1.807, 2.05) is 25.3 Å². The average Bonchev–Trinajstić information content (AvgIpc) is 3.40. The lowest BCUT2D eigenvalue weighted by Gasteiger charge is -2.35. The number of amides is 1. The summed E-state index contributed by atoms with van der Waals surface area (Å²) in [7, 11) is 0. The Hall–Kier alpha value is -2.48. The number of rotatable bonds is 5. The molecule has 0 radical (unpaired) electrons. The van der Waals surface area contributed by atoms with E-state index in [4.69, 9.17) is 4.52 Å². The third kappa shape index (κ3) is 3.96. The van der Waals surface area contributed by atoms with Gasteiger partial charge in [0.25, 0.3) is 0 Å². The van der Waals surface area contributed by atoms with Gasteiger partial charge in [-0.1, -0.05) is 5.16 Å². The number of nitrogens with one attached hydrogen (secondary N) is 1. The number of aryl methyl sites for hydroxylation is 1. The first kappa shape index (κ1) is 16.0. The predicted octanol–water partition coefficient (Wildman–Crippen LogP) is 1.44. The molecular weight excluding hydrogens is 320 g/mol. The lowest BCUT2D eigenvalue weighted by Crippen LogP contribution is -2.46. The highest BCUT2D eigenvalue weighted by atomic mass is 16.5. The Morgan fingerprint density at radius 2 is 2.08 bits per heavy atom. The van der Waals surface area contributed by atoms with Crippen LogP contribution in [0.1, 0.15) is 24.6 Å². The number of hydrogen-bond acceptors (Lipinski definition) is 7. The number of pyridine rings is 1. The fraction of sp³-hybridized carbons (Fsp3) is 0.529. The van der Waals surface area contributed by atoms with Crippen LogP contribution in [0.15, 0.2) is 22.9 Å². The first-order valence-corrected chi connectivity index (χ1v) is 8.71. The van der Waals surface area contributed by atoms with Gasteiger partial charge in [0.05, 0.1) is 18.4 Å². The highest BCUT2D eigenvalue weighted by Crippen LogP contribution is 2.30. The molecule has 1 aliphatic carbocycles. The number of aromatic nitrogens is 3. The molecule has 1 saturated heterocycles. The number of carbonyl (C=O) groups excluding carboxylic acids is 1. The van der Waals surface area contributed by atoms with E-state index in [2.05, 4.69) is 30.2 Å². The molecule has 4 rings (SSSR count). The van der Waals surface area contributed by atoms with Crippen LogP contribution < -0.4 is 10.2 Å². The van der Waals surface area contributed by atoms with Crippen molar-refractivity contribution in [1.29, 1.82) is 0 Å². The van der Waals surface area contributed by atoms with Crippen LogP contribution in [-0.2, 0) is 11.3 Å². The van der Waals surface area contributed by atoms with Gasteiger partial charge in [0.2, 0.25) is 11.8 Å². The van der Waals surface area contributed by atoms with Crippen molar-refractivity contribution in [1.82, 2.24) is 20.0 Å². The van der Waals surface area contributed by atoms with Gasteiger partial charge >= 0.3 is 0 Å². The van der Waals surface area contributed by atoms with Crippen molar-refractivity contribution >= 4 is 17.4 Å². The quantitative estimate of drug-likeness (QED) is 0.880. The average molecular weight is 342 g/mol. The van der Waals surface area contributed by atoms with Crippen LogP contribution in [0.5, 0.6) is 0 Å². The smallest absolute Gasteiger partial charge is 0.240 e. The van der Waals surface area contributed by atoms with Gasteiger partial charge in [0.1, 0.15) is 5.82 Å². The fourth-order valence-electron chi connectivity index (χ4n) is 2.98. The van der Waals surface area contributed by atoms with E-state index < -0.39 is 0 Å². The van der Waals surface area contributed by atoms with Gasteiger partial charge in [-0.15, -0.1) is 0 Å². The van der Waals surface area contributed by atoms with Gasteiger partial charge in [0.15, 0.2) is 5.82 Å². The normalized spacial score (nSPS) is 18.4. The topological polar surface area (TPSA) is 87.4 Å². The minimum Gasteiger partial charge on any atom is -0.368 e. The van der Waals surface area contributed by atoms with Gasteiger partial charge in [-0.05, 0) is 31.9 Å². The predicted molar refractivity (Wildman–Crippen MR) is 92.1 cm³/mol. The van der Waals surface area contributed by atoms with E-state index in [0.29, 0.717) is 24.1 Å². The Morgan fingerprint density at radius 1 is 1.28 bits per heavy atom. The largest absolute Gasteiger partial charge is 0.368 e. The summed E-state index contributed by atoms with van der Waals surface area (Å²) in [5.74, 6) is 2.25. The van der Waals surface area contributed by atoms with Crippen molar-refractivity contribution in [3.63, 3.8) is 0 Å². The van der Waals surface area contributed by atoms with Crippen molar-refractivity contribution in [2.24, 2.45) is 5.92 Å². The molecule has 1 amide bonds. The molecule has 8 heteroatoms. The van der Waals surface area contributed by atoms with E-state index in [0.717, 1.165) is 44.7 Å². The summed E-state index contributed by atoms with van der Waals surface area (Å²) in [6, 6.07) is 3.90. The van der Waals surface area contributed by atoms with Crippen LogP contribution in [0, 0.1) is 12.8 Å². The molecule has 0 unspecified atom stereocenters. The first-order chi connectivity index (χ1) is 12.2. The molecule has 1 N–H and O–H groups in total. The van der Waals surface area contributed by atoms with E-state index >= 15 is 0 Å². The molecule has 2 fully saturated rings. The molecule has 2 aromatic rings. The molecule has 2 aromatic heterocycles. The summed E-state index contributed by atoms with van der Waals surface area (Å²) < 4.78 is 5.18. The summed E-state index contributed by atoms with van der Waals surface area (Å²) >= 11 is 0. The minimum atomic E-state index is 0.0881. The Balaban J connectivity index is 1.29. The Labute approximate surface area is 146 Å². The van der Waals surface area contributed by atoms with Crippen molar-refractivity contribution in [3.8, 4) is 0 Å². The zero-order valence-corrected chi connectivity index (χ0v) is 14.3. The molecule has 132 valence electrons. The van der Waals surface area contributed by atoms with Gasteiger partial charge in [-0.2, -0.15) is 4.98 Å². The van der Waals surface area contributed by atoms with Gasteiger partial charge in [-0.25, -0.2) is 4.98 Å². The van der Waals surface area contributed by atoms with Crippen LogP contribution in [-0.4, -0.2) is 52.1 Å². The van der Waals surface area contributed by atoms with Crippen LogP contribution in [0.25, 0.3) is 0 Å². The lowest BCUT2D eigenvalue weighted by atomic mass is 10.2. The maximum atomic E-state index is 11.8. The molecule has 2 aliphatic rings. The number of nitrogens with zero attached hydrogens (tertiary/aromatic N) is 5. The highest BCUT2D eigenvalue weighted by Gasteiger charge is 2.29. The minimum absolute atomic E-state index is 0.0881. The second kappa shape index (κ2) is 6.79. The molecule has 0 bridgehead atoms. The third-order valence-corrected chi connectivity index (χ3v) is 4.61. The Kier molecular flexibility index (Phi) is 4.35. The first-order valence-electron chi connectivity index (χ1n) is 8.71. The molecule has 0 atom stereocenters. The van der Waals surface area contributed by atoms with E-state index in [9.17, 15) is 4.79 Å². The number of piperazine rings is 1. The summed E-state index contributed by atoms with van der Waals surface area (Å²) in [4.78, 5) is 25.0. The van der Waals surface area contributed by atoms with Crippen molar-refractivity contribution < 1.29 is 9.32 Å². The Bertz CT molecular complexity index is 732. The molecular formula is C17H22N6O2. The fourth-order valence-corrected chi connectivity index (χ4v) is 2.98. The van der Waals surface area contributed by atoms with Crippen molar-refractivity contribution in [3.05, 3.63) is 30.0 Å². The molecule has 0 aromatic carbocycles. The number of hydrogen-bond donors (Lipinski definition) is 1. The summed E-state index contributed by atoms with van der Waals surface area (Å²) in [6.07, 6.45) is 3.83. The molecule has 1 saturated carbocycles. The molecule has 3 heterocycles. The van der Waals surface area contributed by atoms with Gasteiger partial charge in [-0.3, -0.25) is 9.69 Å². The second-order valence-electron chi connectivity index (χ2n) is 6.66. The second-order valence-corrected chi connectivity index (χ2v) is 6.66. The van der Waals surface area contributed by atoms with Crippen LogP contribution in [0.2, 0.25) is 0 Å². The van der Waals surface area contributed by atoms with Crippen LogP contribution in [0.4, 0.5) is 11.5 Å². The molecule has 8 nitrogen and oxygen atoms in total. The monoisotopic (exact) mass is 342 g/mol. The van der Waals surface area contributed by atoms with E-state index in [1.165, 1.54) is 0 Å². The Morgan fingerprint density at radius 3 is 2.68 bits per heavy atom. The van der Waals surface area contributed by atoms with Gasteiger partial charge in [0, 0.05) is 32.1 Å². The van der Waals surface area contributed by atoms with E-state index in [1.54, 1.807) is 0 Å². The molecule has 0 spiro atoms. The summed E-state index contributed by atoms with van der Waals surface area (Å²) in [6.45, 7) is 6.22.